The van der Waals surface area contributed by atoms with Crippen LogP contribution in [0.5, 0.6) is 0 Å². The van der Waals surface area contributed by atoms with Crippen molar-refractivity contribution in [3.63, 3.8) is 0 Å². The monoisotopic (exact) mass is 461 g/mol. The van der Waals surface area contributed by atoms with E-state index in [9.17, 15) is 14.3 Å². The summed E-state index contributed by atoms with van der Waals surface area (Å²) in [6.07, 6.45) is 4.26. The molecule has 5 rings (SSSR count). The number of hydrogen-bond donors (Lipinski definition) is 1. The summed E-state index contributed by atoms with van der Waals surface area (Å²) in [5, 5.41) is 16.2. The molecule has 33 heavy (non-hydrogen) atoms. The van der Waals surface area contributed by atoms with Crippen LogP contribution in [0.15, 0.2) is 72.1 Å². The Morgan fingerprint density at radius 3 is 2.82 bits per heavy atom. The van der Waals surface area contributed by atoms with Gasteiger partial charge in [-0.05, 0) is 47.7 Å². The predicted molar refractivity (Wildman–Crippen MR) is 125 cm³/mol. The van der Waals surface area contributed by atoms with Crippen LogP contribution < -0.4 is 0 Å². The van der Waals surface area contributed by atoms with Crippen molar-refractivity contribution < 1.29 is 14.3 Å². The first-order valence-electron chi connectivity index (χ1n) is 10.6. The zero-order valence-electron chi connectivity index (χ0n) is 17.9. The molecular weight excluding hydrogens is 441 g/mol. The first-order chi connectivity index (χ1) is 15.9. The molecule has 1 N–H and O–H groups in total. The van der Waals surface area contributed by atoms with Gasteiger partial charge in [-0.2, -0.15) is 5.10 Å². The molecule has 166 valence electrons. The number of halogens is 2. The van der Waals surface area contributed by atoms with Gasteiger partial charge in [0.05, 0.1) is 17.3 Å². The lowest BCUT2D eigenvalue weighted by Crippen LogP contribution is -2.28. The number of aromatic nitrogens is 3. The molecule has 0 aliphatic carbocycles. The Morgan fingerprint density at radius 1 is 1.18 bits per heavy atom. The van der Waals surface area contributed by atoms with E-state index in [2.05, 4.69) is 10.1 Å². The van der Waals surface area contributed by atoms with E-state index < -0.39 is 11.9 Å². The number of ketones is 1. The third kappa shape index (κ3) is 3.96. The van der Waals surface area contributed by atoms with Gasteiger partial charge >= 0.3 is 0 Å². The standard InChI is InChI=1S/C26H21ClFN3O2/c1-15-8-21-12-20(14-32)30-31(21)26(18-4-5-22(27)23(28)11-18)25(15)24(33)10-16-2-3-19-13-29-7-6-17(19)9-16/h2-7,9,11-13,26,32H,8,10,14H2,1H3. The van der Waals surface area contributed by atoms with Crippen molar-refractivity contribution in [3.8, 4) is 0 Å². The summed E-state index contributed by atoms with van der Waals surface area (Å²) in [5.41, 5.74) is 4.34. The van der Waals surface area contributed by atoms with Crippen LogP contribution in [0.3, 0.4) is 0 Å². The Labute approximate surface area is 195 Å². The molecular formula is C26H21ClFN3O2. The van der Waals surface area contributed by atoms with Crippen LogP contribution in [0.4, 0.5) is 4.39 Å². The van der Waals surface area contributed by atoms with Gasteiger partial charge in [-0.1, -0.05) is 41.4 Å². The third-order valence-corrected chi connectivity index (χ3v) is 6.39. The summed E-state index contributed by atoms with van der Waals surface area (Å²) in [7, 11) is 0. The molecule has 5 nitrogen and oxygen atoms in total. The number of carbonyl (C=O) groups is 1. The van der Waals surface area contributed by atoms with Crippen LogP contribution in [-0.2, 0) is 24.2 Å². The van der Waals surface area contributed by atoms with Crippen molar-refractivity contribution in [3.05, 3.63) is 105 Å². The molecule has 0 fully saturated rings. The summed E-state index contributed by atoms with van der Waals surface area (Å²) in [4.78, 5) is 17.8. The van der Waals surface area contributed by atoms with Crippen LogP contribution in [0, 0.1) is 5.82 Å². The molecule has 1 atom stereocenters. The summed E-state index contributed by atoms with van der Waals surface area (Å²) in [6, 6.07) is 13.6. The second-order valence-electron chi connectivity index (χ2n) is 8.33. The number of allylic oxidation sites excluding steroid dienone is 2. The number of nitrogens with zero attached hydrogens (tertiary/aromatic N) is 3. The summed E-state index contributed by atoms with van der Waals surface area (Å²) in [6.45, 7) is 1.71. The highest BCUT2D eigenvalue weighted by molar-refractivity contribution is 6.30. The molecule has 0 radical (unpaired) electrons. The van der Waals surface area contributed by atoms with Gasteiger partial charge in [0.1, 0.15) is 11.9 Å². The van der Waals surface area contributed by atoms with Gasteiger partial charge in [0.25, 0.3) is 0 Å². The van der Waals surface area contributed by atoms with Gasteiger partial charge < -0.3 is 5.11 Å². The molecule has 1 aliphatic rings. The molecule has 0 saturated heterocycles. The van der Waals surface area contributed by atoms with E-state index in [1.807, 2.05) is 37.3 Å². The van der Waals surface area contributed by atoms with Crippen molar-refractivity contribution in [1.29, 1.82) is 0 Å². The SMILES string of the molecule is CC1=C(C(=O)Cc2ccc3cnccc3c2)C(c2ccc(Cl)c(F)c2)n2nc(CO)cc2C1. The average Bonchev–Trinajstić information content (AvgIpc) is 3.22. The van der Waals surface area contributed by atoms with Gasteiger partial charge in [-0.15, -0.1) is 0 Å². The Balaban J connectivity index is 1.57. The molecule has 2 aromatic carbocycles. The molecule has 4 aromatic rings. The van der Waals surface area contributed by atoms with Crippen LogP contribution in [-0.4, -0.2) is 25.7 Å². The minimum absolute atomic E-state index is 0.0190. The maximum atomic E-state index is 14.4. The van der Waals surface area contributed by atoms with Gasteiger partial charge in [-0.3, -0.25) is 14.5 Å². The quantitative estimate of drug-likeness (QED) is 0.454. The van der Waals surface area contributed by atoms with E-state index in [0.717, 1.165) is 27.6 Å². The summed E-state index contributed by atoms with van der Waals surface area (Å²) >= 11 is 5.92. The zero-order chi connectivity index (χ0) is 23.1. The van der Waals surface area contributed by atoms with E-state index >= 15 is 0 Å². The smallest absolute Gasteiger partial charge is 0.165 e. The summed E-state index contributed by atoms with van der Waals surface area (Å²) < 4.78 is 16.1. The van der Waals surface area contributed by atoms with Crippen molar-refractivity contribution in [2.45, 2.75) is 32.4 Å². The Hall–Kier alpha value is -3.35. The van der Waals surface area contributed by atoms with Crippen molar-refractivity contribution in [2.24, 2.45) is 0 Å². The average molecular weight is 462 g/mol. The molecule has 0 bridgehead atoms. The minimum atomic E-state index is -0.599. The Bertz CT molecular complexity index is 1430. The van der Waals surface area contributed by atoms with Crippen LogP contribution >= 0.6 is 11.6 Å². The van der Waals surface area contributed by atoms with E-state index in [4.69, 9.17) is 11.6 Å². The number of benzene rings is 2. The lowest BCUT2D eigenvalue weighted by atomic mass is 9.85. The van der Waals surface area contributed by atoms with Crippen molar-refractivity contribution in [1.82, 2.24) is 14.8 Å². The normalized spacial score (nSPS) is 15.7. The van der Waals surface area contributed by atoms with E-state index in [1.165, 1.54) is 12.1 Å². The number of hydrogen-bond acceptors (Lipinski definition) is 4. The first kappa shape index (κ1) is 21.5. The third-order valence-electron chi connectivity index (χ3n) is 6.08. The fourth-order valence-corrected chi connectivity index (χ4v) is 4.67. The van der Waals surface area contributed by atoms with Crippen LogP contribution in [0.25, 0.3) is 10.8 Å². The lowest BCUT2D eigenvalue weighted by Gasteiger charge is -2.29. The molecule has 7 heteroatoms. The highest BCUT2D eigenvalue weighted by Gasteiger charge is 2.33. The fraction of sp³-hybridized carbons (Fsp3) is 0.192. The van der Waals surface area contributed by atoms with Crippen molar-refractivity contribution >= 4 is 28.2 Å². The molecule has 2 aromatic heterocycles. The largest absolute Gasteiger partial charge is 0.390 e. The lowest BCUT2D eigenvalue weighted by molar-refractivity contribution is -0.115. The van der Waals surface area contributed by atoms with Gasteiger partial charge in [-0.25, -0.2) is 4.39 Å². The van der Waals surface area contributed by atoms with Crippen LogP contribution in [0.1, 0.15) is 35.5 Å². The second-order valence-corrected chi connectivity index (χ2v) is 8.74. The number of Topliss-reactive ketones (excluding diaryl/α,β-unsaturated/α-hetero) is 1. The number of pyridine rings is 1. The van der Waals surface area contributed by atoms with E-state index in [-0.39, 0.29) is 23.8 Å². The number of rotatable bonds is 5. The minimum Gasteiger partial charge on any atom is -0.390 e. The fourth-order valence-electron chi connectivity index (χ4n) is 4.55. The Morgan fingerprint density at radius 2 is 2.03 bits per heavy atom. The topological polar surface area (TPSA) is 68.0 Å². The second kappa shape index (κ2) is 8.54. The predicted octanol–water partition coefficient (Wildman–Crippen LogP) is 4.99. The number of carbonyl (C=O) groups excluding carboxylic acids is 1. The number of aliphatic hydroxyl groups excluding tert-OH is 1. The molecule has 0 saturated carbocycles. The van der Waals surface area contributed by atoms with E-state index in [1.54, 1.807) is 23.1 Å². The first-order valence-corrected chi connectivity index (χ1v) is 11.0. The number of aliphatic hydroxyl groups is 1. The molecule has 1 unspecified atom stereocenters. The van der Waals surface area contributed by atoms with E-state index in [0.29, 0.717) is 23.3 Å². The van der Waals surface area contributed by atoms with Gasteiger partial charge in [0.15, 0.2) is 5.78 Å². The maximum absolute atomic E-state index is 14.4. The molecule has 0 spiro atoms. The zero-order valence-corrected chi connectivity index (χ0v) is 18.7. The highest BCUT2D eigenvalue weighted by Crippen LogP contribution is 2.37. The maximum Gasteiger partial charge on any atom is 0.165 e. The number of fused-ring (bicyclic) bond motifs is 2. The Kier molecular flexibility index (Phi) is 5.56. The van der Waals surface area contributed by atoms with Crippen molar-refractivity contribution in [2.75, 3.05) is 0 Å². The molecule has 0 amide bonds. The van der Waals surface area contributed by atoms with Gasteiger partial charge in [0, 0.05) is 41.9 Å². The van der Waals surface area contributed by atoms with Crippen LogP contribution in [0.2, 0.25) is 5.02 Å². The molecule has 3 heterocycles. The highest BCUT2D eigenvalue weighted by atomic mass is 35.5. The van der Waals surface area contributed by atoms with Gasteiger partial charge in [0.2, 0.25) is 0 Å². The summed E-state index contributed by atoms with van der Waals surface area (Å²) in [5.74, 6) is -0.601. The molecule has 1 aliphatic heterocycles.